The van der Waals surface area contributed by atoms with E-state index in [0.717, 1.165) is 12.3 Å². The molecular weight excluding hydrogens is 304 g/mol. The number of carbonyl (C=O) groups is 2. The molecule has 0 radical (unpaired) electrons. The van der Waals surface area contributed by atoms with Crippen molar-refractivity contribution in [1.82, 2.24) is 5.32 Å². The molecule has 0 heterocycles. The fourth-order valence-electron chi connectivity index (χ4n) is 4.73. The summed E-state index contributed by atoms with van der Waals surface area (Å²) in [5, 5.41) is 3.29. The van der Waals surface area contributed by atoms with Gasteiger partial charge in [-0.05, 0) is 42.9 Å². The van der Waals surface area contributed by atoms with E-state index in [1.54, 1.807) is 0 Å². The molecule has 0 aromatic carbocycles. The molecule has 2 rings (SSSR count). The van der Waals surface area contributed by atoms with Gasteiger partial charge in [-0.3, -0.25) is 4.79 Å². The summed E-state index contributed by atoms with van der Waals surface area (Å²) in [6.45, 7) is 10.2. The van der Waals surface area contributed by atoms with Crippen molar-refractivity contribution >= 4 is 11.9 Å². The van der Waals surface area contributed by atoms with E-state index in [1.807, 2.05) is 21.0 Å². The fraction of sp³-hybridized carbons (Fsp3) is 0.895. The average molecular weight is 340 g/mol. The lowest BCUT2D eigenvalue weighted by Gasteiger charge is -2.39. The lowest BCUT2D eigenvalue weighted by molar-refractivity contribution is -0.882. The smallest absolute Gasteiger partial charge is 0.361 e. The number of nitrogens with zero attached hydrogens (tertiary/aromatic N) is 1. The summed E-state index contributed by atoms with van der Waals surface area (Å²) in [5.74, 6) is 0.633. The number of fused-ring (bicyclic) bond motifs is 2. The highest BCUT2D eigenvalue weighted by atomic mass is 16.5. The van der Waals surface area contributed by atoms with Crippen molar-refractivity contribution in [3.05, 3.63) is 0 Å². The SMILES string of the molecule is CCOC(=O)C[N+](C)(C)CCC(=O)N[C@H]1C[C@H]2CC[C@]1(C)C2(C)C. The van der Waals surface area contributed by atoms with E-state index < -0.39 is 0 Å². The van der Waals surface area contributed by atoms with Crippen molar-refractivity contribution in [3.8, 4) is 0 Å². The first-order chi connectivity index (χ1) is 11.0. The highest BCUT2D eigenvalue weighted by Gasteiger charge is 2.61. The Balaban J connectivity index is 1.83. The van der Waals surface area contributed by atoms with Crippen molar-refractivity contribution in [2.45, 2.75) is 59.4 Å². The molecule has 2 aliphatic rings. The maximum absolute atomic E-state index is 12.4. The van der Waals surface area contributed by atoms with Gasteiger partial charge in [0.05, 0.1) is 33.7 Å². The van der Waals surface area contributed by atoms with E-state index in [0.29, 0.717) is 42.1 Å². The van der Waals surface area contributed by atoms with Crippen LogP contribution in [0.15, 0.2) is 0 Å². The van der Waals surface area contributed by atoms with Crippen LogP contribution in [0.1, 0.15) is 53.4 Å². The lowest BCUT2D eigenvalue weighted by atomic mass is 9.69. The maximum Gasteiger partial charge on any atom is 0.361 e. The zero-order chi connectivity index (χ0) is 18.2. The number of rotatable bonds is 7. The second-order valence-corrected chi connectivity index (χ2v) is 9.10. The summed E-state index contributed by atoms with van der Waals surface area (Å²) >= 11 is 0. The molecule has 0 saturated heterocycles. The number of likely N-dealkylation sites (N-methyl/N-ethyl adjacent to an activating group) is 1. The van der Waals surface area contributed by atoms with Crippen molar-refractivity contribution in [3.63, 3.8) is 0 Å². The van der Waals surface area contributed by atoms with E-state index in [1.165, 1.54) is 12.8 Å². The van der Waals surface area contributed by atoms with Gasteiger partial charge in [0, 0.05) is 6.04 Å². The quantitative estimate of drug-likeness (QED) is 0.572. The van der Waals surface area contributed by atoms with Crippen LogP contribution in [0.4, 0.5) is 0 Å². The Labute approximate surface area is 146 Å². The summed E-state index contributed by atoms with van der Waals surface area (Å²) in [4.78, 5) is 24.1. The molecule has 0 unspecified atom stereocenters. The fourth-order valence-corrected chi connectivity index (χ4v) is 4.73. The minimum Gasteiger partial charge on any atom is -0.462 e. The van der Waals surface area contributed by atoms with Gasteiger partial charge in [0.25, 0.3) is 0 Å². The van der Waals surface area contributed by atoms with Crippen molar-refractivity contribution in [1.29, 1.82) is 0 Å². The predicted molar refractivity (Wildman–Crippen MR) is 94.3 cm³/mol. The molecule has 5 heteroatoms. The zero-order valence-corrected chi connectivity index (χ0v) is 16.3. The van der Waals surface area contributed by atoms with Crippen LogP contribution in [0, 0.1) is 16.7 Å². The summed E-state index contributed by atoms with van der Waals surface area (Å²) < 4.78 is 5.48. The topological polar surface area (TPSA) is 55.4 Å². The first-order valence-corrected chi connectivity index (χ1v) is 9.29. The molecule has 0 aliphatic heterocycles. The molecule has 2 fully saturated rings. The van der Waals surface area contributed by atoms with Gasteiger partial charge < -0.3 is 14.5 Å². The van der Waals surface area contributed by atoms with Gasteiger partial charge in [0.2, 0.25) is 5.91 Å². The van der Waals surface area contributed by atoms with Gasteiger partial charge >= 0.3 is 5.97 Å². The van der Waals surface area contributed by atoms with Crippen LogP contribution in [0.5, 0.6) is 0 Å². The third-order valence-electron chi connectivity index (χ3n) is 6.94. The molecule has 1 N–H and O–H groups in total. The Morgan fingerprint density at radius 1 is 1.25 bits per heavy atom. The van der Waals surface area contributed by atoms with Gasteiger partial charge in [-0.25, -0.2) is 4.79 Å². The first kappa shape index (κ1) is 19.2. The first-order valence-electron chi connectivity index (χ1n) is 9.29. The number of nitrogens with one attached hydrogen (secondary N) is 1. The number of ether oxygens (including phenoxy) is 1. The normalized spacial score (nSPS) is 31.1. The third-order valence-corrected chi connectivity index (χ3v) is 6.94. The maximum atomic E-state index is 12.4. The van der Waals surface area contributed by atoms with E-state index >= 15 is 0 Å². The second kappa shape index (κ2) is 6.66. The third kappa shape index (κ3) is 3.61. The van der Waals surface area contributed by atoms with E-state index in [4.69, 9.17) is 4.74 Å². The molecule has 24 heavy (non-hydrogen) atoms. The Bertz CT molecular complexity index is 501. The van der Waals surface area contributed by atoms with E-state index in [9.17, 15) is 9.59 Å². The molecule has 2 saturated carbocycles. The molecule has 138 valence electrons. The number of esters is 1. The van der Waals surface area contributed by atoms with Crippen LogP contribution < -0.4 is 5.32 Å². The minimum atomic E-state index is -0.203. The van der Waals surface area contributed by atoms with Crippen LogP contribution >= 0.6 is 0 Å². The molecule has 0 spiro atoms. The zero-order valence-electron chi connectivity index (χ0n) is 16.3. The van der Waals surface area contributed by atoms with E-state index in [2.05, 4.69) is 26.1 Å². The highest BCUT2D eigenvalue weighted by Crippen LogP contribution is 2.65. The van der Waals surface area contributed by atoms with Crippen molar-refractivity contribution < 1.29 is 18.8 Å². The Morgan fingerprint density at radius 2 is 1.92 bits per heavy atom. The molecule has 0 aromatic heterocycles. The van der Waals surface area contributed by atoms with Crippen LogP contribution in [0.2, 0.25) is 0 Å². The van der Waals surface area contributed by atoms with Crippen LogP contribution in [0.3, 0.4) is 0 Å². The molecule has 3 atom stereocenters. The number of amides is 1. The number of hydrogen-bond acceptors (Lipinski definition) is 3. The Kier molecular flexibility index (Phi) is 5.34. The van der Waals surface area contributed by atoms with Gasteiger partial charge in [0.15, 0.2) is 6.54 Å². The van der Waals surface area contributed by atoms with Crippen LogP contribution in [-0.4, -0.2) is 56.2 Å². The van der Waals surface area contributed by atoms with Gasteiger partial charge in [-0.15, -0.1) is 0 Å². The van der Waals surface area contributed by atoms with Crippen molar-refractivity contribution in [2.75, 3.05) is 33.8 Å². The largest absolute Gasteiger partial charge is 0.462 e. The molecule has 5 nitrogen and oxygen atoms in total. The lowest BCUT2D eigenvalue weighted by Crippen LogP contribution is -2.49. The second-order valence-electron chi connectivity index (χ2n) is 9.10. The van der Waals surface area contributed by atoms with Crippen LogP contribution in [-0.2, 0) is 14.3 Å². The minimum absolute atomic E-state index is 0.111. The predicted octanol–water partition coefficient (Wildman–Crippen LogP) is 2.35. The monoisotopic (exact) mass is 339 g/mol. The average Bonchev–Trinajstić information content (AvgIpc) is 2.78. The molecule has 0 aromatic rings. The number of quaternary nitrogens is 1. The molecule has 1 amide bonds. The standard InChI is InChI=1S/C19H34N2O3/c1-7-24-17(23)13-21(5,6)11-9-16(22)20-15-12-14-8-10-19(15,4)18(14,2)3/h14-15H,7-13H2,1-6H3/p+1/t14-,15+,19+/m1/s1. The summed E-state index contributed by atoms with van der Waals surface area (Å²) in [5.41, 5.74) is 0.521. The summed E-state index contributed by atoms with van der Waals surface area (Å²) in [6, 6.07) is 0.291. The Morgan fingerprint density at radius 3 is 2.42 bits per heavy atom. The summed E-state index contributed by atoms with van der Waals surface area (Å²) in [6.07, 6.45) is 4.06. The molecular formula is C19H35N2O3+. The highest BCUT2D eigenvalue weighted by molar-refractivity contribution is 5.76. The molecule has 2 aliphatic carbocycles. The van der Waals surface area contributed by atoms with Gasteiger partial charge in [0.1, 0.15) is 0 Å². The molecule has 2 bridgehead atoms. The van der Waals surface area contributed by atoms with E-state index in [-0.39, 0.29) is 17.3 Å². The summed E-state index contributed by atoms with van der Waals surface area (Å²) in [7, 11) is 3.93. The Hall–Kier alpha value is -1.10. The van der Waals surface area contributed by atoms with Gasteiger partial charge in [-0.1, -0.05) is 20.8 Å². The van der Waals surface area contributed by atoms with Gasteiger partial charge in [-0.2, -0.15) is 0 Å². The number of hydrogen-bond donors (Lipinski definition) is 1. The number of carbonyl (C=O) groups excluding carboxylic acids is 2. The van der Waals surface area contributed by atoms with Crippen LogP contribution in [0.25, 0.3) is 0 Å². The van der Waals surface area contributed by atoms with Crippen molar-refractivity contribution in [2.24, 2.45) is 16.7 Å².